The van der Waals surface area contributed by atoms with E-state index in [1.807, 2.05) is 20.8 Å². The minimum absolute atomic E-state index is 0.171. The molecule has 0 atom stereocenters. The molecule has 0 rings (SSSR count). The van der Waals surface area contributed by atoms with E-state index >= 15 is 0 Å². The second-order valence-electron chi connectivity index (χ2n) is 3.55. The van der Waals surface area contributed by atoms with Crippen molar-refractivity contribution in [2.24, 2.45) is 5.41 Å². The molecule has 0 bridgehead atoms. The molecule has 4 heteroatoms. The first kappa shape index (κ1) is 11.6. The Bertz CT molecular complexity index is 273. The lowest BCUT2D eigenvalue weighted by Gasteiger charge is -2.23. The number of rotatable bonds is 3. The summed E-state index contributed by atoms with van der Waals surface area (Å²) in [6.07, 6.45) is 0.838. The van der Waals surface area contributed by atoms with Gasteiger partial charge in [0, 0.05) is 0 Å². The third-order valence-corrected chi connectivity index (χ3v) is 2.93. The van der Waals surface area contributed by atoms with Gasteiger partial charge in [0.15, 0.2) is 0 Å². The van der Waals surface area contributed by atoms with Gasteiger partial charge in [0.05, 0.1) is 5.41 Å². The van der Waals surface area contributed by atoms with E-state index in [0.717, 1.165) is 11.8 Å². The monoisotopic (exact) mass is 192 g/mol. The Balaban J connectivity index is 4.84. The van der Waals surface area contributed by atoms with E-state index < -0.39 is 10.1 Å². The van der Waals surface area contributed by atoms with Crippen LogP contribution in [0.15, 0.2) is 11.0 Å². The zero-order chi connectivity index (χ0) is 9.99. The maximum absolute atomic E-state index is 10.5. The van der Waals surface area contributed by atoms with Gasteiger partial charge in [-0.2, -0.15) is 8.42 Å². The van der Waals surface area contributed by atoms with Crippen molar-refractivity contribution in [2.45, 2.75) is 34.1 Å². The molecule has 3 nitrogen and oxygen atoms in total. The summed E-state index contributed by atoms with van der Waals surface area (Å²) in [5.74, 6) is 0. The normalized spacial score (nSPS) is 14.9. The molecule has 72 valence electrons. The molecule has 0 unspecified atom stereocenters. The van der Waals surface area contributed by atoms with Gasteiger partial charge in [-0.1, -0.05) is 26.3 Å². The highest BCUT2D eigenvalue weighted by Crippen LogP contribution is 2.29. The Kier molecular flexibility index (Phi) is 3.47. The lowest BCUT2D eigenvalue weighted by molar-refractivity contribution is 0.428. The van der Waals surface area contributed by atoms with Crippen LogP contribution in [0, 0.1) is 5.41 Å². The zero-order valence-corrected chi connectivity index (χ0v) is 8.77. The van der Waals surface area contributed by atoms with Crippen molar-refractivity contribution in [3.63, 3.8) is 0 Å². The summed E-state index contributed by atoms with van der Waals surface area (Å²) in [6, 6.07) is 0. The Morgan fingerprint density at radius 1 is 1.50 bits per heavy atom. The topological polar surface area (TPSA) is 54.4 Å². The summed E-state index contributed by atoms with van der Waals surface area (Å²) < 4.78 is 29.5. The van der Waals surface area contributed by atoms with Gasteiger partial charge in [0.2, 0.25) is 0 Å². The molecule has 0 radical (unpaired) electrons. The summed E-state index contributed by atoms with van der Waals surface area (Å²) in [7, 11) is -3.98. The predicted octanol–water partition coefficient (Wildman–Crippen LogP) is 2.21. The van der Waals surface area contributed by atoms with Crippen LogP contribution in [0.3, 0.4) is 0 Å². The number of hydrogen-bond donors (Lipinski definition) is 1. The first-order valence-electron chi connectivity index (χ1n) is 3.85. The highest BCUT2D eigenvalue weighted by molar-refractivity contribution is 7.88. The Morgan fingerprint density at radius 3 is 2.17 bits per heavy atom. The third-order valence-electron chi connectivity index (χ3n) is 2.28. The summed E-state index contributed by atoms with van der Waals surface area (Å²) >= 11 is 0. The molecule has 0 heterocycles. The van der Waals surface area contributed by atoms with E-state index in [1.54, 1.807) is 6.92 Å². The van der Waals surface area contributed by atoms with Crippen molar-refractivity contribution >= 4 is 10.1 Å². The van der Waals surface area contributed by atoms with Gasteiger partial charge in [-0.25, -0.2) is 0 Å². The molecule has 0 saturated heterocycles. The minimum atomic E-state index is -3.98. The molecule has 0 aliphatic carbocycles. The molecule has 0 saturated carbocycles. The van der Waals surface area contributed by atoms with Gasteiger partial charge >= 0.3 is 0 Å². The van der Waals surface area contributed by atoms with Crippen molar-refractivity contribution in [3.05, 3.63) is 11.0 Å². The van der Waals surface area contributed by atoms with Crippen LogP contribution in [0.1, 0.15) is 34.1 Å². The van der Waals surface area contributed by atoms with Gasteiger partial charge in [-0.15, -0.1) is 0 Å². The lowest BCUT2D eigenvalue weighted by atomic mass is 9.84. The summed E-state index contributed by atoms with van der Waals surface area (Å²) in [6.45, 7) is 7.55. The van der Waals surface area contributed by atoms with Crippen LogP contribution in [0.2, 0.25) is 0 Å². The largest absolute Gasteiger partial charge is 0.287 e. The second-order valence-corrected chi connectivity index (χ2v) is 4.82. The smallest absolute Gasteiger partial charge is 0.282 e. The fourth-order valence-corrected chi connectivity index (χ4v) is 1.43. The first-order valence-corrected chi connectivity index (χ1v) is 5.35. The molecule has 0 aliphatic heterocycles. The standard InChI is InChI=1S/C8H16O3S/c1-5-8(3,4)7(2)6-12(9,10)11/h6H,5H2,1-4H3,(H,9,10,11). The fourth-order valence-electron chi connectivity index (χ4n) is 0.662. The Labute approximate surface area is 74.2 Å². The highest BCUT2D eigenvalue weighted by atomic mass is 32.2. The summed E-state index contributed by atoms with van der Waals surface area (Å²) in [5.41, 5.74) is 0.503. The van der Waals surface area contributed by atoms with Crippen molar-refractivity contribution in [1.29, 1.82) is 0 Å². The van der Waals surface area contributed by atoms with Crippen LogP contribution in [0.25, 0.3) is 0 Å². The third kappa shape index (κ3) is 3.88. The molecule has 0 aromatic heterocycles. The average Bonchev–Trinajstić information content (AvgIpc) is 1.84. The molecule has 12 heavy (non-hydrogen) atoms. The van der Waals surface area contributed by atoms with Gasteiger partial charge in [-0.3, -0.25) is 4.55 Å². The minimum Gasteiger partial charge on any atom is -0.282 e. The van der Waals surface area contributed by atoms with Gasteiger partial charge in [0.1, 0.15) is 0 Å². The van der Waals surface area contributed by atoms with E-state index in [9.17, 15) is 8.42 Å². The second kappa shape index (κ2) is 3.58. The molecular formula is C8H16O3S. The Hall–Kier alpha value is -0.350. The SMILES string of the molecule is CCC(C)(C)C(C)=CS(=O)(=O)O. The van der Waals surface area contributed by atoms with Gasteiger partial charge < -0.3 is 0 Å². The molecule has 0 aromatic carbocycles. The number of allylic oxidation sites excluding steroid dienone is 1. The van der Waals surface area contributed by atoms with Gasteiger partial charge in [0.25, 0.3) is 10.1 Å². The molecule has 0 aliphatic rings. The van der Waals surface area contributed by atoms with Crippen LogP contribution in [0.4, 0.5) is 0 Å². The molecule has 0 spiro atoms. The first-order chi connectivity index (χ1) is 5.19. The van der Waals surface area contributed by atoms with E-state index in [0.29, 0.717) is 5.57 Å². The van der Waals surface area contributed by atoms with Crippen LogP contribution in [0.5, 0.6) is 0 Å². The van der Waals surface area contributed by atoms with Crippen molar-refractivity contribution in [1.82, 2.24) is 0 Å². The molecule has 0 fully saturated rings. The van der Waals surface area contributed by atoms with E-state index in [4.69, 9.17) is 4.55 Å². The van der Waals surface area contributed by atoms with Crippen LogP contribution in [-0.4, -0.2) is 13.0 Å². The van der Waals surface area contributed by atoms with Crippen molar-refractivity contribution in [2.75, 3.05) is 0 Å². The molecule has 1 N–H and O–H groups in total. The lowest BCUT2D eigenvalue weighted by Crippen LogP contribution is -2.12. The summed E-state index contributed by atoms with van der Waals surface area (Å²) in [4.78, 5) is 0. The van der Waals surface area contributed by atoms with E-state index in [2.05, 4.69) is 0 Å². The number of hydrogen-bond acceptors (Lipinski definition) is 2. The summed E-state index contributed by atoms with van der Waals surface area (Å²) in [5, 5.41) is 0.913. The van der Waals surface area contributed by atoms with Crippen LogP contribution < -0.4 is 0 Å². The van der Waals surface area contributed by atoms with Crippen LogP contribution in [-0.2, 0) is 10.1 Å². The van der Waals surface area contributed by atoms with Crippen LogP contribution >= 0.6 is 0 Å². The predicted molar refractivity (Wildman–Crippen MR) is 49.4 cm³/mol. The maximum Gasteiger partial charge on any atom is 0.287 e. The zero-order valence-electron chi connectivity index (χ0n) is 7.96. The molecular weight excluding hydrogens is 176 g/mol. The van der Waals surface area contributed by atoms with Gasteiger partial charge in [-0.05, 0) is 18.8 Å². The maximum atomic E-state index is 10.5. The van der Waals surface area contributed by atoms with Crippen molar-refractivity contribution in [3.8, 4) is 0 Å². The molecule has 0 amide bonds. The molecule has 0 aromatic rings. The quantitative estimate of drug-likeness (QED) is 0.697. The fraction of sp³-hybridized carbons (Fsp3) is 0.750. The van der Waals surface area contributed by atoms with E-state index in [1.165, 1.54) is 0 Å². The van der Waals surface area contributed by atoms with Crippen molar-refractivity contribution < 1.29 is 13.0 Å². The van der Waals surface area contributed by atoms with E-state index in [-0.39, 0.29) is 5.41 Å². The average molecular weight is 192 g/mol. The Morgan fingerprint density at radius 2 is 1.92 bits per heavy atom. The highest BCUT2D eigenvalue weighted by Gasteiger charge is 2.18.